The van der Waals surface area contributed by atoms with E-state index in [-0.39, 0.29) is 11.1 Å². The first kappa shape index (κ1) is 16.1. The number of carbonyl (C=O) groups excluding carboxylic acids is 1. The van der Waals surface area contributed by atoms with E-state index in [9.17, 15) is 4.79 Å². The number of benzene rings is 1. The molecule has 20 heavy (non-hydrogen) atoms. The van der Waals surface area contributed by atoms with Crippen molar-refractivity contribution >= 4 is 17.5 Å². The summed E-state index contributed by atoms with van der Waals surface area (Å²) in [6.07, 6.45) is 1.41. The summed E-state index contributed by atoms with van der Waals surface area (Å²) in [7, 11) is 0. The zero-order valence-corrected chi connectivity index (χ0v) is 12.6. The van der Waals surface area contributed by atoms with E-state index in [1.54, 1.807) is 6.07 Å². The van der Waals surface area contributed by atoms with Crippen molar-refractivity contribution in [3.05, 3.63) is 46.6 Å². The molecule has 106 valence electrons. The van der Waals surface area contributed by atoms with Gasteiger partial charge >= 0.3 is 0 Å². The van der Waals surface area contributed by atoms with Crippen LogP contribution in [0.1, 0.15) is 26.3 Å². The van der Waals surface area contributed by atoms with Gasteiger partial charge in [0.05, 0.1) is 0 Å². The molecule has 0 aliphatic heterocycles. The van der Waals surface area contributed by atoms with Gasteiger partial charge in [-0.15, -0.1) is 0 Å². The zero-order valence-electron chi connectivity index (χ0n) is 11.8. The highest BCUT2D eigenvalue weighted by Crippen LogP contribution is 2.14. The third kappa shape index (κ3) is 5.33. The Hall–Kier alpha value is -1.99. The number of rotatable bonds is 4. The Labute approximate surface area is 124 Å². The molecule has 0 radical (unpaired) electrons. The lowest BCUT2D eigenvalue weighted by atomic mass is 10.1. The average molecular weight is 292 g/mol. The zero-order chi connectivity index (χ0) is 15.2. The molecule has 0 atom stereocenters. The van der Waals surface area contributed by atoms with Crippen molar-refractivity contribution in [3.8, 4) is 6.07 Å². The molecule has 0 saturated carbocycles. The van der Waals surface area contributed by atoms with Crippen LogP contribution in [0.3, 0.4) is 0 Å². The number of carbonyl (C=O) groups is 1. The van der Waals surface area contributed by atoms with Gasteiger partial charge in [-0.1, -0.05) is 29.8 Å². The van der Waals surface area contributed by atoms with Crippen molar-refractivity contribution in [1.82, 2.24) is 10.6 Å². The van der Waals surface area contributed by atoms with Gasteiger partial charge in [-0.3, -0.25) is 4.79 Å². The van der Waals surface area contributed by atoms with Crippen LogP contribution in [0.5, 0.6) is 0 Å². The van der Waals surface area contributed by atoms with Gasteiger partial charge in [-0.05, 0) is 32.4 Å². The summed E-state index contributed by atoms with van der Waals surface area (Å²) >= 11 is 6.02. The number of halogens is 1. The van der Waals surface area contributed by atoms with Crippen LogP contribution in [0.2, 0.25) is 5.02 Å². The van der Waals surface area contributed by atoms with Crippen LogP contribution in [0.15, 0.2) is 36.0 Å². The average Bonchev–Trinajstić information content (AvgIpc) is 2.34. The van der Waals surface area contributed by atoms with Gasteiger partial charge in [0.1, 0.15) is 11.6 Å². The van der Waals surface area contributed by atoms with E-state index in [0.29, 0.717) is 11.6 Å². The summed E-state index contributed by atoms with van der Waals surface area (Å²) in [4.78, 5) is 11.8. The number of nitrogens with one attached hydrogen (secondary N) is 2. The van der Waals surface area contributed by atoms with E-state index in [4.69, 9.17) is 16.9 Å². The molecule has 0 heterocycles. The molecule has 0 spiro atoms. The highest BCUT2D eigenvalue weighted by Gasteiger charge is 2.16. The number of nitriles is 1. The van der Waals surface area contributed by atoms with E-state index in [2.05, 4.69) is 10.6 Å². The summed E-state index contributed by atoms with van der Waals surface area (Å²) in [6.45, 7) is 6.03. The summed E-state index contributed by atoms with van der Waals surface area (Å²) in [5.41, 5.74) is 0.557. The summed E-state index contributed by atoms with van der Waals surface area (Å²) < 4.78 is 0. The molecule has 1 amide bonds. The fraction of sp³-hybridized carbons (Fsp3) is 0.333. The maximum Gasteiger partial charge on any atom is 0.263 e. The molecule has 1 aromatic carbocycles. The van der Waals surface area contributed by atoms with Gasteiger partial charge in [0, 0.05) is 23.3 Å². The van der Waals surface area contributed by atoms with Gasteiger partial charge < -0.3 is 10.6 Å². The molecule has 0 saturated heterocycles. The normalized spacial score (nSPS) is 11.7. The van der Waals surface area contributed by atoms with E-state index < -0.39 is 5.91 Å². The van der Waals surface area contributed by atoms with E-state index >= 15 is 0 Å². The Bertz CT molecular complexity index is 553. The monoisotopic (exact) mass is 291 g/mol. The Kier molecular flexibility index (Phi) is 5.60. The van der Waals surface area contributed by atoms with Crippen molar-refractivity contribution in [1.29, 1.82) is 5.26 Å². The molecule has 0 aromatic heterocycles. The Balaban J connectivity index is 2.66. The number of hydrogen-bond acceptors (Lipinski definition) is 3. The van der Waals surface area contributed by atoms with Crippen LogP contribution < -0.4 is 10.6 Å². The highest BCUT2D eigenvalue weighted by atomic mass is 35.5. The lowest BCUT2D eigenvalue weighted by Gasteiger charge is -2.20. The first-order chi connectivity index (χ1) is 9.33. The molecule has 1 aromatic rings. The predicted octanol–water partition coefficient (Wildman–Crippen LogP) is 2.75. The largest absolute Gasteiger partial charge is 0.386 e. The maximum atomic E-state index is 11.8. The van der Waals surface area contributed by atoms with Crippen LogP contribution in [0.25, 0.3) is 0 Å². The van der Waals surface area contributed by atoms with Crippen molar-refractivity contribution in [2.24, 2.45) is 0 Å². The first-order valence-electron chi connectivity index (χ1n) is 6.23. The Morgan fingerprint density at radius 3 is 2.60 bits per heavy atom. The third-order valence-electron chi connectivity index (χ3n) is 2.35. The highest BCUT2D eigenvalue weighted by molar-refractivity contribution is 6.31. The van der Waals surface area contributed by atoms with Gasteiger partial charge in [-0.25, -0.2) is 0 Å². The molecule has 0 aliphatic carbocycles. The third-order valence-corrected chi connectivity index (χ3v) is 2.72. The molecule has 0 aliphatic rings. The molecule has 0 fully saturated rings. The Morgan fingerprint density at radius 1 is 1.40 bits per heavy atom. The predicted molar refractivity (Wildman–Crippen MR) is 79.9 cm³/mol. The second-order valence-electron chi connectivity index (χ2n) is 5.35. The molecule has 1 rings (SSSR count). The minimum Gasteiger partial charge on any atom is -0.386 e. The fourth-order valence-corrected chi connectivity index (χ4v) is 1.66. The smallest absolute Gasteiger partial charge is 0.263 e. The molecule has 5 heteroatoms. The van der Waals surface area contributed by atoms with Crippen molar-refractivity contribution in [2.45, 2.75) is 32.9 Å². The van der Waals surface area contributed by atoms with Crippen LogP contribution in [0, 0.1) is 11.3 Å². The maximum absolute atomic E-state index is 11.8. The summed E-state index contributed by atoms with van der Waals surface area (Å²) in [6, 6.07) is 9.28. The minimum atomic E-state index is -0.397. The minimum absolute atomic E-state index is 0.0342. The van der Waals surface area contributed by atoms with E-state index in [1.165, 1.54) is 6.20 Å². The van der Waals surface area contributed by atoms with Crippen molar-refractivity contribution in [2.75, 3.05) is 0 Å². The molecular formula is C15H18ClN3O. The molecule has 4 nitrogen and oxygen atoms in total. The van der Waals surface area contributed by atoms with Gasteiger partial charge in [0.15, 0.2) is 0 Å². The lowest BCUT2D eigenvalue weighted by molar-refractivity contribution is -0.118. The first-order valence-corrected chi connectivity index (χ1v) is 6.61. The molecule has 0 unspecified atom stereocenters. The van der Waals surface area contributed by atoms with Crippen LogP contribution in [-0.2, 0) is 11.3 Å². The van der Waals surface area contributed by atoms with Crippen LogP contribution in [0.4, 0.5) is 0 Å². The molecule has 2 N–H and O–H groups in total. The van der Waals surface area contributed by atoms with Gasteiger partial charge in [-0.2, -0.15) is 5.26 Å². The van der Waals surface area contributed by atoms with Crippen LogP contribution in [-0.4, -0.2) is 11.4 Å². The lowest BCUT2D eigenvalue weighted by Crippen LogP contribution is -2.41. The number of hydrogen-bond donors (Lipinski definition) is 2. The molecular weight excluding hydrogens is 274 g/mol. The quantitative estimate of drug-likeness (QED) is 0.662. The number of amides is 1. The topological polar surface area (TPSA) is 64.9 Å². The van der Waals surface area contributed by atoms with Crippen molar-refractivity contribution in [3.63, 3.8) is 0 Å². The van der Waals surface area contributed by atoms with E-state index in [0.717, 1.165) is 5.56 Å². The van der Waals surface area contributed by atoms with Crippen LogP contribution >= 0.6 is 11.6 Å². The SMILES string of the molecule is CC(C)(C)NC(=O)/C(C#N)=C\NCc1ccccc1Cl. The van der Waals surface area contributed by atoms with E-state index in [1.807, 2.05) is 45.0 Å². The second-order valence-corrected chi connectivity index (χ2v) is 5.75. The summed E-state index contributed by atoms with van der Waals surface area (Å²) in [5, 5.41) is 15.3. The number of nitrogens with zero attached hydrogens (tertiary/aromatic N) is 1. The fourth-order valence-electron chi connectivity index (χ4n) is 1.46. The van der Waals surface area contributed by atoms with Gasteiger partial charge in [0.2, 0.25) is 0 Å². The molecule has 0 bridgehead atoms. The second kappa shape index (κ2) is 6.97. The standard InChI is InChI=1S/C15H18ClN3O/c1-15(2,3)19-14(20)12(8-17)10-18-9-11-6-4-5-7-13(11)16/h4-7,10,18H,9H2,1-3H3,(H,19,20)/b12-10-. The van der Waals surface area contributed by atoms with Gasteiger partial charge in [0.25, 0.3) is 5.91 Å². The summed E-state index contributed by atoms with van der Waals surface area (Å²) in [5.74, 6) is -0.397. The Morgan fingerprint density at radius 2 is 2.05 bits per heavy atom. The van der Waals surface area contributed by atoms with Crippen molar-refractivity contribution < 1.29 is 4.79 Å².